The molecule has 1 aromatic rings. The van der Waals surface area contributed by atoms with Gasteiger partial charge in [0.1, 0.15) is 18.2 Å². The first kappa shape index (κ1) is 16.8. The minimum absolute atomic E-state index is 0.0179. The number of nitrogens with one attached hydrogen (secondary N) is 1. The lowest BCUT2D eigenvalue weighted by Gasteiger charge is -2.12. The van der Waals surface area contributed by atoms with Crippen LogP contribution in [0.3, 0.4) is 0 Å². The third-order valence-corrected chi connectivity index (χ3v) is 2.69. The molecule has 0 saturated heterocycles. The molecule has 0 aliphatic rings. The number of ether oxygens (including phenoxy) is 1. The smallest absolute Gasteiger partial charge is 0.419 e. The van der Waals surface area contributed by atoms with Gasteiger partial charge in [0.05, 0.1) is 5.56 Å². The van der Waals surface area contributed by atoms with Gasteiger partial charge in [-0.15, -0.1) is 0 Å². The van der Waals surface area contributed by atoms with Crippen molar-refractivity contribution in [1.29, 1.82) is 0 Å². The summed E-state index contributed by atoms with van der Waals surface area (Å²) >= 11 is 0. The Morgan fingerprint density at radius 2 is 1.90 bits per heavy atom. The van der Waals surface area contributed by atoms with Gasteiger partial charge in [-0.05, 0) is 37.1 Å². The Bertz CT molecular complexity index is 418. The largest absolute Gasteiger partial charge is 0.492 e. The van der Waals surface area contributed by atoms with Crippen LogP contribution in [0.15, 0.2) is 18.2 Å². The summed E-state index contributed by atoms with van der Waals surface area (Å²) in [5.74, 6) is -0.681. The van der Waals surface area contributed by atoms with Crippen LogP contribution in [-0.2, 0) is 6.18 Å². The molecule has 1 N–H and O–H groups in total. The van der Waals surface area contributed by atoms with E-state index in [1.807, 2.05) is 0 Å². The molecule has 0 atom stereocenters. The minimum atomic E-state index is -4.71. The van der Waals surface area contributed by atoms with E-state index < -0.39 is 17.6 Å². The summed E-state index contributed by atoms with van der Waals surface area (Å²) in [7, 11) is 0. The third kappa shape index (κ3) is 5.77. The molecule has 0 saturated carbocycles. The monoisotopic (exact) mass is 293 g/mol. The van der Waals surface area contributed by atoms with Crippen molar-refractivity contribution >= 4 is 0 Å². The van der Waals surface area contributed by atoms with Crippen molar-refractivity contribution in [2.24, 2.45) is 5.92 Å². The van der Waals surface area contributed by atoms with Gasteiger partial charge in [0.25, 0.3) is 0 Å². The predicted octanol–water partition coefficient (Wildman–Crippen LogP) is 3.86. The maximum Gasteiger partial charge on any atom is 0.419 e. The molecule has 0 radical (unpaired) electrons. The van der Waals surface area contributed by atoms with Crippen molar-refractivity contribution in [1.82, 2.24) is 5.32 Å². The summed E-state index contributed by atoms with van der Waals surface area (Å²) < 4.78 is 55.7. The number of halogens is 4. The Morgan fingerprint density at radius 1 is 1.20 bits per heavy atom. The van der Waals surface area contributed by atoms with Gasteiger partial charge < -0.3 is 10.1 Å². The summed E-state index contributed by atoms with van der Waals surface area (Å²) in [6, 6.07) is 2.65. The van der Waals surface area contributed by atoms with Gasteiger partial charge in [0.15, 0.2) is 0 Å². The fourth-order valence-electron chi connectivity index (χ4n) is 1.57. The Kier molecular flexibility index (Phi) is 6.26. The molecular weight excluding hydrogens is 274 g/mol. The number of hydrogen-bond donors (Lipinski definition) is 1. The Hall–Kier alpha value is -1.30. The van der Waals surface area contributed by atoms with Gasteiger partial charge in [-0.25, -0.2) is 4.39 Å². The van der Waals surface area contributed by atoms with Gasteiger partial charge in [-0.2, -0.15) is 13.2 Å². The molecule has 0 heterocycles. The average molecular weight is 293 g/mol. The molecule has 114 valence electrons. The van der Waals surface area contributed by atoms with Gasteiger partial charge >= 0.3 is 6.18 Å². The number of benzene rings is 1. The highest BCUT2D eigenvalue weighted by molar-refractivity contribution is 5.31. The van der Waals surface area contributed by atoms with Gasteiger partial charge in [-0.1, -0.05) is 13.8 Å². The maximum atomic E-state index is 13.0. The second-order valence-electron chi connectivity index (χ2n) is 4.92. The van der Waals surface area contributed by atoms with Crippen LogP contribution in [0.25, 0.3) is 0 Å². The summed E-state index contributed by atoms with van der Waals surface area (Å²) in [5.41, 5.74) is -1.30. The molecule has 6 heteroatoms. The molecule has 1 rings (SSSR count). The second kappa shape index (κ2) is 7.47. The lowest BCUT2D eigenvalue weighted by atomic mass is 10.1. The quantitative estimate of drug-likeness (QED) is 0.609. The molecule has 0 amide bonds. The van der Waals surface area contributed by atoms with E-state index in [0.717, 1.165) is 19.0 Å². The van der Waals surface area contributed by atoms with E-state index >= 15 is 0 Å². The fraction of sp³-hybridized carbons (Fsp3) is 0.571. The van der Waals surface area contributed by atoms with E-state index in [9.17, 15) is 17.6 Å². The molecule has 0 spiro atoms. The minimum Gasteiger partial charge on any atom is -0.492 e. The molecule has 0 bridgehead atoms. The first-order valence-electron chi connectivity index (χ1n) is 6.51. The zero-order valence-corrected chi connectivity index (χ0v) is 11.6. The maximum absolute atomic E-state index is 13.0. The van der Waals surface area contributed by atoms with E-state index in [1.54, 1.807) is 0 Å². The summed E-state index contributed by atoms with van der Waals surface area (Å²) in [4.78, 5) is 0. The van der Waals surface area contributed by atoms with Crippen molar-refractivity contribution in [3.05, 3.63) is 29.6 Å². The molecular formula is C14H19F4NO. The first-order valence-corrected chi connectivity index (χ1v) is 6.51. The molecule has 0 aliphatic heterocycles. The normalized spacial score (nSPS) is 11.9. The number of rotatable bonds is 7. The third-order valence-electron chi connectivity index (χ3n) is 2.69. The van der Waals surface area contributed by atoms with Gasteiger partial charge in [-0.3, -0.25) is 0 Å². The highest BCUT2D eigenvalue weighted by Gasteiger charge is 2.34. The van der Waals surface area contributed by atoms with E-state index in [4.69, 9.17) is 4.74 Å². The van der Waals surface area contributed by atoms with Crippen LogP contribution in [0.1, 0.15) is 25.8 Å². The van der Waals surface area contributed by atoms with Crippen LogP contribution in [0.2, 0.25) is 0 Å². The highest BCUT2D eigenvalue weighted by Crippen LogP contribution is 2.33. The summed E-state index contributed by atoms with van der Waals surface area (Å²) in [6.07, 6.45) is -3.69. The van der Waals surface area contributed by atoms with Crippen molar-refractivity contribution in [3.63, 3.8) is 0 Å². The predicted molar refractivity (Wildman–Crippen MR) is 69.2 cm³/mol. The zero-order valence-electron chi connectivity index (χ0n) is 11.6. The molecule has 0 aliphatic carbocycles. The average Bonchev–Trinajstić information content (AvgIpc) is 2.33. The molecule has 0 fully saturated rings. The summed E-state index contributed by atoms with van der Waals surface area (Å²) in [5, 5.41) is 3.12. The fourth-order valence-corrected chi connectivity index (χ4v) is 1.57. The lowest BCUT2D eigenvalue weighted by molar-refractivity contribution is -0.140. The van der Waals surface area contributed by atoms with E-state index in [2.05, 4.69) is 19.2 Å². The van der Waals surface area contributed by atoms with Crippen LogP contribution in [0, 0.1) is 11.7 Å². The molecule has 0 unspecified atom stereocenters. The van der Waals surface area contributed by atoms with Crippen LogP contribution >= 0.6 is 0 Å². The standard InChI is InChI=1S/C14H19F4NO/c1-10(2)5-6-19-7-8-20-11-3-4-13(15)12(9-11)14(16,17)18/h3-4,9-10,19H,5-8H2,1-2H3. The summed E-state index contributed by atoms with van der Waals surface area (Å²) in [6.45, 7) is 5.81. The van der Waals surface area contributed by atoms with E-state index in [1.165, 1.54) is 6.07 Å². The highest BCUT2D eigenvalue weighted by atomic mass is 19.4. The zero-order chi connectivity index (χ0) is 15.2. The Morgan fingerprint density at radius 3 is 2.50 bits per heavy atom. The first-order chi connectivity index (χ1) is 9.30. The van der Waals surface area contributed by atoms with Crippen LogP contribution in [0.4, 0.5) is 17.6 Å². The van der Waals surface area contributed by atoms with Gasteiger partial charge in [0, 0.05) is 6.54 Å². The van der Waals surface area contributed by atoms with Crippen molar-refractivity contribution in [2.75, 3.05) is 19.7 Å². The number of alkyl halides is 3. The Balaban J connectivity index is 2.41. The van der Waals surface area contributed by atoms with E-state index in [-0.39, 0.29) is 12.4 Å². The molecule has 0 aromatic heterocycles. The van der Waals surface area contributed by atoms with E-state index in [0.29, 0.717) is 18.5 Å². The van der Waals surface area contributed by atoms with Crippen molar-refractivity contribution < 1.29 is 22.3 Å². The van der Waals surface area contributed by atoms with Crippen LogP contribution in [0.5, 0.6) is 5.75 Å². The molecule has 20 heavy (non-hydrogen) atoms. The number of hydrogen-bond acceptors (Lipinski definition) is 2. The van der Waals surface area contributed by atoms with Crippen molar-refractivity contribution in [3.8, 4) is 5.75 Å². The SMILES string of the molecule is CC(C)CCNCCOc1ccc(F)c(C(F)(F)F)c1. The van der Waals surface area contributed by atoms with Crippen LogP contribution < -0.4 is 10.1 Å². The molecule has 2 nitrogen and oxygen atoms in total. The topological polar surface area (TPSA) is 21.3 Å². The van der Waals surface area contributed by atoms with Gasteiger partial charge in [0.2, 0.25) is 0 Å². The lowest BCUT2D eigenvalue weighted by Crippen LogP contribution is -2.23. The second-order valence-corrected chi connectivity index (χ2v) is 4.92. The van der Waals surface area contributed by atoms with Crippen molar-refractivity contribution in [2.45, 2.75) is 26.4 Å². The molecule has 1 aromatic carbocycles. The van der Waals surface area contributed by atoms with Crippen LogP contribution in [-0.4, -0.2) is 19.7 Å². The Labute approximate surface area is 116 Å².